The Morgan fingerprint density at radius 2 is 2.16 bits per heavy atom. The van der Waals surface area contributed by atoms with E-state index < -0.39 is 17.9 Å². The van der Waals surface area contributed by atoms with Crippen molar-refractivity contribution in [1.29, 1.82) is 0 Å². The number of carboxylic acid groups (broad SMARTS) is 1. The van der Waals surface area contributed by atoms with Crippen LogP contribution in [0.25, 0.3) is 0 Å². The van der Waals surface area contributed by atoms with Crippen LogP contribution in [-0.4, -0.2) is 48.2 Å². The van der Waals surface area contributed by atoms with Crippen LogP contribution in [0.1, 0.15) is 10.4 Å². The van der Waals surface area contributed by atoms with Gasteiger partial charge in [-0.3, -0.25) is 9.59 Å². The lowest BCUT2D eigenvalue weighted by Gasteiger charge is -2.26. The number of nitrogens with zero attached hydrogens (tertiary/aromatic N) is 1. The van der Waals surface area contributed by atoms with Gasteiger partial charge in [-0.05, 0) is 37.9 Å². The molecule has 0 aromatic carbocycles. The summed E-state index contributed by atoms with van der Waals surface area (Å²) in [7, 11) is 1.61. The second kappa shape index (κ2) is 5.90. The number of carbonyl (C=O) groups excluding carboxylic acids is 1. The fourth-order valence-electron chi connectivity index (χ4n) is 1.99. The summed E-state index contributed by atoms with van der Waals surface area (Å²) in [4.78, 5) is 24.9. The molecule has 2 atom stereocenters. The highest BCUT2D eigenvalue weighted by Gasteiger charge is 2.39. The maximum atomic E-state index is 12.4. The Balaban J connectivity index is 2.19. The molecule has 0 saturated carbocycles. The fraction of sp³-hybridized carbons (Fsp3) is 0.455. The number of hydrogen-bond acceptors (Lipinski definition) is 4. The smallest absolute Gasteiger partial charge is 0.311 e. The van der Waals surface area contributed by atoms with Crippen LogP contribution in [0.15, 0.2) is 13.6 Å². The number of rotatable bonds is 3. The van der Waals surface area contributed by atoms with Crippen molar-refractivity contribution in [2.24, 2.45) is 5.92 Å². The van der Waals surface area contributed by atoms with Crippen molar-refractivity contribution in [3.05, 3.63) is 19.2 Å². The van der Waals surface area contributed by atoms with Crippen molar-refractivity contribution in [2.75, 3.05) is 20.3 Å². The van der Waals surface area contributed by atoms with Gasteiger partial charge in [0, 0.05) is 7.05 Å². The summed E-state index contributed by atoms with van der Waals surface area (Å²) >= 11 is 8.05. The van der Waals surface area contributed by atoms with Gasteiger partial charge in [0.1, 0.15) is 5.92 Å². The van der Waals surface area contributed by atoms with Crippen LogP contribution in [0.3, 0.4) is 0 Å². The van der Waals surface area contributed by atoms with Gasteiger partial charge >= 0.3 is 5.97 Å². The second-order valence-electron chi connectivity index (χ2n) is 4.20. The third-order valence-electron chi connectivity index (χ3n) is 3.07. The van der Waals surface area contributed by atoms with Crippen LogP contribution in [0.4, 0.5) is 0 Å². The molecule has 1 aliphatic heterocycles. The number of ether oxygens (including phenoxy) is 1. The number of thiophene rings is 1. The van der Waals surface area contributed by atoms with Crippen LogP contribution in [0, 0.1) is 5.92 Å². The highest BCUT2D eigenvalue weighted by Crippen LogP contribution is 2.33. The summed E-state index contributed by atoms with van der Waals surface area (Å²) in [6.07, 6.45) is 0. The molecule has 8 heteroatoms. The van der Waals surface area contributed by atoms with Gasteiger partial charge in [-0.15, -0.1) is 11.3 Å². The molecule has 1 N–H and O–H groups in total. The lowest BCUT2D eigenvalue weighted by Crippen LogP contribution is -2.44. The topological polar surface area (TPSA) is 66.8 Å². The van der Waals surface area contributed by atoms with E-state index in [1.165, 1.54) is 16.2 Å². The zero-order valence-electron chi connectivity index (χ0n) is 9.93. The molecule has 0 bridgehead atoms. The van der Waals surface area contributed by atoms with E-state index in [-0.39, 0.29) is 19.1 Å². The second-order valence-corrected chi connectivity index (χ2v) is 7.95. The minimum atomic E-state index is -0.937. The Hall–Kier alpha value is -0.440. The molecule has 2 rings (SSSR count). The molecule has 2 heterocycles. The van der Waals surface area contributed by atoms with Gasteiger partial charge in [0.25, 0.3) is 5.91 Å². The van der Waals surface area contributed by atoms with Gasteiger partial charge in [-0.1, -0.05) is 0 Å². The minimum absolute atomic E-state index is 0.145. The summed E-state index contributed by atoms with van der Waals surface area (Å²) in [6.45, 7) is 0.397. The zero-order chi connectivity index (χ0) is 14.2. The van der Waals surface area contributed by atoms with Gasteiger partial charge in [-0.2, -0.15) is 0 Å². The monoisotopic (exact) mass is 411 g/mol. The Labute approximate surface area is 130 Å². The molecule has 1 aromatic rings. The number of halogens is 2. The van der Waals surface area contributed by atoms with E-state index in [1.807, 2.05) is 0 Å². The van der Waals surface area contributed by atoms with E-state index >= 15 is 0 Å². The first kappa shape index (κ1) is 15.0. The maximum absolute atomic E-state index is 12.4. The number of likely N-dealkylation sites (N-methyl/N-ethyl adjacent to an activating group) is 1. The minimum Gasteiger partial charge on any atom is -0.481 e. The molecule has 1 fully saturated rings. The first-order valence-corrected chi connectivity index (χ1v) is 7.84. The van der Waals surface area contributed by atoms with Gasteiger partial charge in [0.2, 0.25) is 0 Å². The van der Waals surface area contributed by atoms with E-state index in [1.54, 1.807) is 13.1 Å². The fourth-order valence-corrected chi connectivity index (χ4v) is 4.76. The van der Waals surface area contributed by atoms with Crippen LogP contribution >= 0.6 is 43.2 Å². The third-order valence-corrected chi connectivity index (χ3v) is 5.41. The highest BCUT2D eigenvalue weighted by molar-refractivity contribution is 9.12. The van der Waals surface area contributed by atoms with E-state index in [4.69, 9.17) is 9.84 Å². The van der Waals surface area contributed by atoms with Crippen molar-refractivity contribution < 1.29 is 19.4 Å². The summed E-state index contributed by atoms with van der Waals surface area (Å²) in [5.41, 5.74) is 0.524. The third kappa shape index (κ3) is 3.01. The van der Waals surface area contributed by atoms with Gasteiger partial charge in [0.15, 0.2) is 0 Å². The number of aliphatic carboxylic acids is 1. The molecule has 1 amide bonds. The largest absolute Gasteiger partial charge is 0.481 e. The van der Waals surface area contributed by atoms with E-state index in [2.05, 4.69) is 31.9 Å². The number of hydrogen-bond donors (Lipinski definition) is 1. The SMILES string of the molecule is CN(C(=O)c1cc(Br)sc1Br)C1COCC1C(=O)O. The summed E-state index contributed by atoms with van der Waals surface area (Å²) < 4.78 is 6.75. The van der Waals surface area contributed by atoms with Crippen LogP contribution in [0.2, 0.25) is 0 Å². The molecule has 0 radical (unpaired) electrons. The molecule has 104 valence electrons. The van der Waals surface area contributed by atoms with Crippen molar-refractivity contribution in [1.82, 2.24) is 4.90 Å². The van der Waals surface area contributed by atoms with Gasteiger partial charge in [0.05, 0.1) is 32.4 Å². The summed E-state index contributed by atoms with van der Waals surface area (Å²) in [5, 5.41) is 9.11. The van der Waals surface area contributed by atoms with E-state index in [9.17, 15) is 9.59 Å². The standard InChI is InChI=1S/C11H11Br2NO4S/c1-14(7-4-18-3-6(7)11(16)17)10(15)5-2-8(12)19-9(5)13/h2,6-7H,3-4H2,1H3,(H,16,17). The van der Waals surface area contributed by atoms with Crippen molar-refractivity contribution in [2.45, 2.75) is 6.04 Å². The van der Waals surface area contributed by atoms with Crippen molar-refractivity contribution in [3.8, 4) is 0 Å². The predicted octanol–water partition coefficient (Wildman–Crippen LogP) is 2.44. The molecular formula is C11H11Br2NO4S. The summed E-state index contributed by atoms with van der Waals surface area (Å²) in [5.74, 6) is -1.82. The Kier molecular flexibility index (Phi) is 4.65. The molecule has 0 aliphatic carbocycles. The van der Waals surface area contributed by atoms with Crippen LogP contribution in [-0.2, 0) is 9.53 Å². The molecular weight excluding hydrogens is 402 g/mol. The first-order valence-electron chi connectivity index (χ1n) is 5.44. The average Bonchev–Trinajstić information content (AvgIpc) is 2.93. The van der Waals surface area contributed by atoms with Gasteiger partial charge < -0.3 is 14.7 Å². The maximum Gasteiger partial charge on any atom is 0.311 e. The average molecular weight is 413 g/mol. The quantitative estimate of drug-likeness (QED) is 0.827. The number of carbonyl (C=O) groups is 2. The normalized spacial score (nSPS) is 22.5. The Bertz CT molecular complexity index is 519. The zero-order valence-corrected chi connectivity index (χ0v) is 13.9. The lowest BCUT2D eigenvalue weighted by molar-refractivity contribution is -0.142. The van der Waals surface area contributed by atoms with Crippen LogP contribution in [0.5, 0.6) is 0 Å². The van der Waals surface area contributed by atoms with Crippen LogP contribution < -0.4 is 0 Å². The van der Waals surface area contributed by atoms with Crippen molar-refractivity contribution in [3.63, 3.8) is 0 Å². The molecule has 1 aliphatic rings. The highest BCUT2D eigenvalue weighted by atomic mass is 79.9. The van der Waals surface area contributed by atoms with E-state index in [0.29, 0.717) is 5.56 Å². The predicted molar refractivity (Wildman–Crippen MR) is 77.5 cm³/mol. The summed E-state index contributed by atoms with van der Waals surface area (Å²) in [6, 6.07) is 1.29. The Morgan fingerprint density at radius 3 is 2.68 bits per heavy atom. The number of amides is 1. The van der Waals surface area contributed by atoms with Crippen molar-refractivity contribution >= 4 is 55.1 Å². The molecule has 0 spiro atoms. The molecule has 2 unspecified atom stereocenters. The Morgan fingerprint density at radius 1 is 1.47 bits per heavy atom. The number of carboxylic acids is 1. The molecule has 5 nitrogen and oxygen atoms in total. The molecule has 19 heavy (non-hydrogen) atoms. The van der Waals surface area contributed by atoms with Gasteiger partial charge in [-0.25, -0.2) is 0 Å². The lowest BCUT2D eigenvalue weighted by atomic mass is 10.0. The first-order chi connectivity index (χ1) is 8.91. The van der Waals surface area contributed by atoms with E-state index in [0.717, 1.165) is 7.57 Å². The molecule has 1 saturated heterocycles. The molecule has 1 aromatic heterocycles.